The van der Waals surface area contributed by atoms with Gasteiger partial charge in [0.1, 0.15) is 0 Å². The summed E-state index contributed by atoms with van der Waals surface area (Å²) < 4.78 is 5.44. The highest BCUT2D eigenvalue weighted by Gasteiger charge is 2.31. The van der Waals surface area contributed by atoms with Crippen molar-refractivity contribution in [2.24, 2.45) is 0 Å². The molecule has 1 saturated heterocycles. The van der Waals surface area contributed by atoms with Crippen LogP contribution in [0.4, 0.5) is 0 Å². The Morgan fingerprint density at radius 3 is 2.88 bits per heavy atom. The summed E-state index contributed by atoms with van der Waals surface area (Å²) >= 11 is 0. The zero-order valence-corrected chi connectivity index (χ0v) is 13.7. The van der Waals surface area contributed by atoms with E-state index in [-0.39, 0.29) is 11.8 Å². The van der Waals surface area contributed by atoms with E-state index in [0.29, 0.717) is 31.2 Å². The maximum absolute atomic E-state index is 12.4. The number of pyridine rings is 1. The van der Waals surface area contributed by atoms with E-state index in [1.54, 1.807) is 12.4 Å². The first-order valence-electron chi connectivity index (χ1n) is 8.35. The number of carbonyl (C=O) groups excluding carboxylic acids is 1. The van der Waals surface area contributed by atoms with Crippen LogP contribution in [0.1, 0.15) is 23.8 Å². The van der Waals surface area contributed by atoms with Crippen LogP contribution in [-0.4, -0.2) is 39.0 Å². The van der Waals surface area contributed by atoms with E-state index in [1.807, 2.05) is 47.4 Å². The molecule has 0 saturated carbocycles. The van der Waals surface area contributed by atoms with Gasteiger partial charge in [-0.25, -0.2) is 0 Å². The number of carbonyl (C=O) groups is 1. The summed E-state index contributed by atoms with van der Waals surface area (Å²) in [7, 11) is 0. The fourth-order valence-corrected chi connectivity index (χ4v) is 3.08. The molecule has 25 heavy (non-hydrogen) atoms. The zero-order chi connectivity index (χ0) is 17.1. The molecule has 0 radical (unpaired) electrons. The number of hydrogen-bond acceptors (Lipinski definition) is 5. The standard InChI is InChI=1S/C19H18N4O2/c24-17(11-14-5-4-9-20-12-14)23-10-8-16(13-23)19-21-18(22-25-19)15-6-2-1-3-7-15/h1-7,9,12,16H,8,10-11,13H2. The molecular weight excluding hydrogens is 316 g/mol. The Bertz CT molecular complexity index is 848. The zero-order valence-electron chi connectivity index (χ0n) is 13.7. The molecule has 0 spiro atoms. The largest absolute Gasteiger partial charge is 0.342 e. The Hall–Kier alpha value is -3.02. The summed E-state index contributed by atoms with van der Waals surface area (Å²) in [6, 6.07) is 13.5. The van der Waals surface area contributed by atoms with Crippen LogP contribution in [0.25, 0.3) is 11.4 Å². The summed E-state index contributed by atoms with van der Waals surface area (Å²) in [4.78, 5) is 22.9. The third-order valence-electron chi connectivity index (χ3n) is 4.44. The second kappa shape index (κ2) is 6.84. The molecule has 0 aliphatic carbocycles. The number of amides is 1. The van der Waals surface area contributed by atoms with Crippen LogP contribution in [0, 0.1) is 0 Å². The quantitative estimate of drug-likeness (QED) is 0.733. The molecule has 0 bridgehead atoms. The first-order valence-corrected chi connectivity index (χ1v) is 8.35. The number of aromatic nitrogens is 3. The Morgan fingerprint density at radius 1 is 1.20 bits per heavy atom. The van der Waals surface area contributed by atoms with Crippen LogP contribution < -0.4 is 0 Å². The highest BCUT2D eigenvalue weighted by Crippen LogP contribution is 2.28. The Morgan fingerprint density at radius 2 is 2.08 bits per heavy atom. The van der Waals surface area contributed by atoms with Gasteiger partial charge in [0, 0.05) is 31.0 Å². The highest BCUT2D eigenvalue weighted by atomic mass is 16.5. The molecule has 2 aromatic heterocycles. The summed E-state index contributed by atoms with van der Waals surface area (Å²) in [5, 5.41) is 4.07. The maximum atomic E-state index is 12.4. The van der Waals surface area contributed by atoms with Gasteiger partial charge < -0.3 is 9.42 Å². The molecule has 1 aliphatic heterocycles. The monoisotopic (exact) mass is 334 g/mol. The van der Waals surface area contributed by atoms with Crippen molar-refractivity contribution in [3.63, 3.8) is 0 Å². The lowest BCUT2D eigenvalue weighted by atomic mass is 10.1. The van der Waals surface area contributed by atoms with Crippen molar-refractivity contribution in [3.8, 4) is 11.4 Å². The average molecular weight is 334 g/mol. The molecule has 6 nitrogen and oxygen atoms in total. The number of likely N-dealkylation sites (tertiary alicyclic amines) is 1. The van der Waals surface area contributed by atoms with Crippen molar-refractivity contribution in [2.45, 2.75) is 18.8 Å². The van der Waals surface area contributed by atoms with E-state index in [4.69, 9.17) is 4.52 Å². The van der Waals surface area contributed by atoms with Gasteiger partial charge in [0.05, 0.1) is 12.3 Å². The molecule has 1 amide bonds. The van der Waals surface area contributed by atoms with Crippen LogP contribution >= 0.6 is 0 Å². The number of benzene rings is 1. The summed E-state index contributed by atoms with van der Waals surface area (Å²) in [5.41, 5.74) is 1.86. The van der Waals surface area contributed by atoms with Crippen molar-refractivity contribution in [1.29, 1.82) is 0 Å². The number of rotatable bonds is 4. The molecule has 0 N–H and O–H groups in total. The van der Waals surface area contributed by atoms with Crippen LogP contribution in [0.2, 0.25) is 0 Å². The minimum absolute atomic E-state index is 0.0998. The van der Waals surface area contributed by atoms with Gasteiger partial charge in [-0.2, -0.15) is 4.98 Å². The van der Waals surface area contributed by atoms with Gasteiger partial charge in [0.15, 0.2) is 0 Å². The van der Waals surface area contributed by atoms with Crippen LogP contribution in [0.15, 0.2) is 59.4 Å². The Balaban J connectivity index is 1.41. The summed E-state index contributed by atoms with van der Waals surface area (Å²) in [5.74, 6) is 1.41. The Labute approximate surface area is 145 Å². The molecule has 3 aromatic rings. The van der Waals surface area contributed by atoms with E-state index in [9.17, 15) is 4.79 Å². The lowest BCUT2D eigenvalue weighted by Crippen LogP contribution is -2.29. The fourth-order valence-electron chi connectivity index (χ4n) is 3.08. The van der Waals surface area contributed by atoms with Gasteiger partial charge in [-0.1, -0.05) is 41.6 Å². The third-order valence-corrected chi connectivity index (χ3v) is 4.44. The first kappa shape index (κ1) is 15.5. The van der Waals surface area contributed by atoms with Crippen molar-refractivity contribution >= 4 is 5.91 Å². The van der Waals surface area contributed by atoms with Crippen molar-refractivity contribution in [3.05, 3.63) is 66.3 Å². The molecule has 1 unspecified atom stereocenters. The SMILES string of the molecule is O=C(Cc1cccnc1)N1CCC(c2nc(-c3ccccc3)no2)C1. The van der Waals surface area contributed by atoms with Gasteiger partial charge >= 0.3 is 0 Å². The van der Waals surface area contributed by atoms with E-state index in [2.05, 4.69) is 15.1 Å². The van der Waals surface area contributed by atoms with Crippen LogP contribution in [0.3, 0.4) is 0 Å². The second-order valence-corrected chi connectivity index (χ2v) is 6.19. The van der Waals surface area contributed by atoms with E-state index < -0.39 is 0 Å². The lowest BCUT2D eigenvalue weighted by Gasteiger charge is -2.15. The molecule has 1 aliphatic rings. The smallest absolute Gasteiger partial charge is 0.231 e. The fraction of sp³-hybridized carbons (Fsp3) is 0.263. The lowest BCUT2D eigenvalue weighted by molar-refractivity contribution is -0.129. The van der Waals surface area contributed by atoms with Crippen LogP contribution in [0.5, 0.6) is 0 Å². The minimum atomic E-state index is 0.0998. The molecule has 4 rings (SSSR count). The molecular formula is C19H18N4O2. The molecule has 1 aromatic carbocycles. The molecule has 126 valence electrons. The van der Waals surface area contributed by atoms with Gasteiger partial charge in [0.25, 0.3) is 0 Å². The van der Waals surface area contributed by atoms with Gasteiger partial charge in [0.2, 0.25) is 17.6 Å². The summed E-state index contributed by atoms with van der Waals surface area (Å²) in [6.45, 7) is 1.34. The van der Waals surface area contributed by atoms with Gasteiger partial charge in [-0.3, -0.25) is 9.78 Å². The van der Waals surface area contributed by atoms with Crippen molar-refractivity contribution in [1.82, 2.24) is 20.0 Å². The molecule has 3 heterocycles. The van der Waals surface area contributed by atoms with Gasteiger partial charge in [-0.15, -0.1) is 0 Å². The van der Waals surface area contributed by atoms with Crippen LogP contribution in [-0.2, 0) is 11.2 Å². The molecule has 6 heteroatoms. The number of nitrogens with zero attached hydrogens (tertiary/aromatic N) is 4. The Kier molecular flexibility index (Phi) is 4.24. The topological polar surface area (TPSA) is 72.1 Å². The van der Waals surface area contributed by atoms with Crippen molar-refractivity contribution in [2.75, 3.05) is 13.1 Å². The second-order valence-electron chi connectivity index (χ2n) is 6.19. The highest BCUT2D eigenvalue weighted by molar-refractivity contribution is 5.79. The predicted octanol–water partition coefficient (Wildman–Crippen LogP) is 2.69. The maximum Gasteiger partial charge on any atom is 0.231 e. The van der Waals surface area contributed by atoms with E-state index in [1.165, 1.54) is 0 Å². The van der Waals surface area contributed by atoms with E-state index >= 15 is 0 Å². The molecule has 1 atom stereocenters. The average Bonchev–Trinajstić information content (AvgIpc) is 3.33. The minimum Gasteiger partial charge on any atom is -0.342 e. The van der Waals surface area contributed by atoms with E-state index in [0.717, 1.165) is 17.5 Å². The predicted molar refractivity (Wildman–Crippen MR) is 91.6 cm³/mol. The first-order chi connectivity index (χ1) is 12.3. The van der Waals surface area contributed by atoms with Gasteiger partial charge in [-0.05, 0) is 18.1 Å². The summed E-state index contributed by atoms with van der Waals surface area (Å²) in [6.07, 6.45) is 4.66. The normalized spacial score (nSPS) is 17.0. The van der Waals surface area contributed by atoms with Crippen molar-refractivity contribution < 1.29 is 9.32 Å². The molecule has 1 fully saturated rings. The third kappa shape index (κ3) is 3.42. The number of hydrogen-bond donors (Lipinski definition) is 0.